The van der Waals surface area contributed by atoms with Crippen molar-refractivity contribution in [3.8, 4) is 11.5 Å². The number of ether oxygens (including phenoxy) is 1. The Morgan fingerprint density at radius 2 is 2.00 bits per heavy atom. The summed E-state index contributed by atoms with van der Waals surface area (Å²) in [7, 11) is 0. The maximum Gasteiger partial charge on any atom is 0.311 e. The number of nitro groups is 1. The number of aliphatic hydroxyl groups is 1. The van der Waals surface area contributed by atoms with Crippen LogP contribution in [0.3, 0.4) is 0 Å². The molecule has 0 unspecified atom stereocenters. The molecule has 0 aliphatic carbocycles. The molecule has 104 valence electrons. The Kier molecular flexibility index (Phi) is 4.36. The van der Waals surface area contributed by atoms with Crippen LogP contribution >= 0.6 is 15.9 Å². The summed E-state index contributed by atoms with van der Waals surface area (Å²) in [4.78, 5) is 10.5. The van der Waals surface area contributed by atoms with Crippen LogP contribution in [0.2, 0.25) is 0 Å². The average Bonchev–Trinajstić information content (AvgIpc) is 2.38. The van der Waals surface area contributed by atoms with Crippen molar-refractivity contribution in [2.24, 2.45) is 0 Å². The van der Waals surface area contributed by atoms with Crippen LogP contribution in [0.5, 0.6) is 11.5 Å². The highest BCUT2D eigenvalue weighted by molar-refractivity contribution is 9.10. The molecule has 0 atom stereocenters. The van der Waals surface area contributed by atoms with Crippen molar-refractivity contribution >= 4 is 21.6 Å². The van der Waals surface area contributed by atoms with E-state index >= 15 is 0 Å². The molecule has 1 N–H and O–H groups in total. The number of aliphatic hydroxyl groups excluding tert-OH is 1. The van der Waals surface area contributed by atoms with E-state index in [4.69, 9.17) is 4.74 Å². The molecule has 20 heavy (non-hydrogen) atoms. The van der Waals surface area contributed by atoms with Crippen LogP contribution in [0.25, 0.3) is 0 Å². The first-order valence-corrected chi connectivity index (χ1v) is 6.62. The largest absolute Gasteiger partial charge is 0.450 e. The van der Waals surface area contributed by atoms with Gasteiger partial charge >= 0.3 is 5.69 Å². The Morgan fingerprint density at radius 1 is 1.25 bits per heavy atom. The second-order valence-electron chi connectivity index (χ2n) is 4.24. The number of hydrogen-bond donors (Lipinski definition) is 1. The van der Waals surface area contributed by atoms with E-state index in [1.165, 1.54) is 6.07 Å². The number of hydrogen-bond acceptors (Lipinski definition) is 4. The molecule has 0 aliphatic rings. The van der Waals surface area contributed by atoms with Crippen molar-refractivity contribution in [3.05, 3.63) is 62.1 Å². The minimum atomic E-state index is -0.495. The van der Waals surface area contributed by atoms with Gasteiger partial charge in [-0.2, -0.15) is 0 Å². The fourth-order valence-electron chi connectivity index (χ4n) is 1.73. The minimum absolute atomic E-state index is 0.112. The molecule has 0 saturated heterocycles. The van der Waals surface area contributed by atoms with Crippen molar-refractivity contribution in [2.45, 2.75) is 13.5 Å². The number of nitro benzene ring substituents is 1. The van der Waals surface area contributed by atoms with Gasteiger partial charge in [-0.1, -0.05) is 28.1 Å². The van der Waals surface area contributed by atoms with E-state index < -0.39 is 4.92 Å². The zero-order chi connectivity index (χ0) is 14.7. The van der Waals surface area contributed by atoms with Gasteiger partial charge in [0.15, 0.2) is 0 Å². The predicted molar refractivity (Wildman–Crippen MR) is 78.0 cm³/mol. The highest BCUT2D eigenvalue weighted by atomic mass is 79.9. The third kappa shape index (κ3) is 3.15. The molecule has 0 bridgehead atoms. The molecule has 0 heterocycles. The molecule has 0 amide bonds. The molecule has 2 aromatic carbocycles. The van der Waals surface area contributed by atoms with E-state index in [0.29, 0.717) is 11.3 Å². The summed E-state index contributed by atoms with van der Waals surface area (Å²) in [5, 5.41) is 20.3. The van der Waals surface area contributed by atoms with Gasteiger partial charge in [0.05, 0.1) is 11.5 Å². The maximum atomic E-state index is 11.0. The quantitative estimate of drug-likeness (QED) is 0.677. The Labute approximate surface area is 124 Å². The molecule has 5 nitrogen and oxygen atoms in total. The molecule has 6 heteroatoms. The van der Waals surface area contributed by atoms with Crippen LogP contribution in [0.4, 0.5) is 5.69 Å². The summed E-state index contributed by atoms with van der Waals surface area (Å²) in [6, 6.07) is 9.78. The van der Waals surface area contributed by atoms with Crippen LogP contribution in [0.15, 0.2) is 40.9 Å². The monoisotopic (exact) mass is 337 g/mol. The summed E-state index contributed by atoms with van der Waals surface area (Å²) >= 11 is 3.31. The summed E-state index contributed by atoms with van der Waals surface area (Å²) in [5.41, 5.74) is 1.30. The molecule has 2 rings (SSSR count). The van der Waals surface area contributed by atoms with E-state index in [-0.39, 0.29) is 18.0 Å². The minimum Gasteiger partial charge on any atom is -0.450 e. The molecule has 0 spiro atoms. The van der Waals surface area contributed by atoms with Gasteiger partial charge in [-0.3, -0.25) is 10.1 Å². The molecule has 0 aromatic heterocycles. The number of rotatable bonds is 4. The molecule has 0 radical (unpaired) electrons. The SMILES string of the molecule is Cc1ccc([N+](=O)[O-])c(Oc2cc(Br)ccc2CO)c1. The second-order valence-corrected chi connectivity index (χ2v) is 5.16. The third-order valence-corrected chi connectivity index (χ3v) is 3.22. The summed E-state index contributed by atoms with van der Waals surface area (Å²) < 4.78 is 6.39. The molecular weight excluding hydrogens is 326 g/mol. The van der Waals surface area contributed by atoms with Gasteiger partial charge in [0, 0.05) is 16.1 Å². The fourth-order valence-corrected chi connectivity index (χ4v) is 2.07. The first-order valence-electron chi connectivity index (χ1n) is 5.83. The Balaban J connectivity index is 2.46. The number of benzene rings is 2. The summed E-state index contributed by atoms with van der Waals surface area (Å²) in [6.07, 6.45) is 0. The molecule has 0 fully saturated rings. The normalized spacial score (nSPS) is 10.3. The van der Waals surface area contributed by atoms with E-state index in [9.17, 15) is 15.2 Å². The lowest BCUT2D eigenvalue weighted by molar-refractivity contribution is -0.385. The van der Waals surface area contributed by atoms with Gasteiger partial charge in [-0.05, 0) is 30.7 Å². The Hall–Kier alpha value is -1.92. The standard InChI is InChI=1S/C14H12BrNO4/c1-9-2-5-12(16(18)19)14(6-9)20-13-7-11(15)4-3-10(13)8-17/h2-7,17H,8H2,1H3. The molecular formula is C14H12BrNO4. The Bertz CT molecular complexity index is 658. The van der Waals surface area contributed by atoms with E-state index in [1.54, 1.807) is 30.3 Å². The van der Waals surface area contributed by atoms with Crippen molar-refractivity contribution in [3.63, 3.8) is 0 Å². The van der Waals surface area contributed by atoms with Crippen LogP contribution in [0, 0.1) is 17.0 Å². The lowest BCUT2D eigenvalue weighted by Gasteiger charge is -2.11. The van der Waals surface area contributed by atoms with Crippen LogP contribution in [-0.2, 0) is 6.61 Å². The van der Waals surface area contributed by atoms with Crippen molar-refractivity contribution in [1.29, 1.82) is 0 Å². The number of nitrogens with zero attached hydrogens (tertiary/aromatic N) is 1. The zero-order valence-corrected chi connectivity index (χ0v) is 12.3. The molecule has 0 saturated carbocycles. The van der Waals surface area contributed by atoms with Gasteiger partial charge in [0.1, 0.15) is 5.75 Å². The topological polar surface area (TPSA) is 72.6 Å². The smallest absolute Gasteiger partial charge is 0.311 e. The highest BCUT2D eigenvalue weighted by Gasteiger charge is 2.17. The van der Waals surface area contributed by atoms with E-state index in [2.05, 4.69) is 15.9 Å². The van der Waals surface area contributed by atoms with Crippen molar-refractivity contribution in [1.82, 2.24) is 0 Å². The second kappa shape index (κ2) is 6.02. The first-order chi connectivity index (χ1) is 9.51. The van der Waals surface area contributed by atoms with Gasteiger partial charge in [-0.25, -0.2) is 0 Å². The number of halogens is 1. The third-order valence-electron chi connectivity index (χ3n) is 2.73. The van der Waals surface area contributed by atoms with Crippen LogP contribution < -0.4 is 4.74 Å². The lowest BCUT2D eigenvalue weighted by Crippen LogP contribution is -1.96. The fraction of sp³-hybridized carbons (Fsp3) is 0.143. The summed E-state index contributed by atoms with van der Waals surface area (Å²) in [5.74, 6) is 0.540. The van der Waals surface area contributed by atoms with Crippen LogP contribution in [-0.4, -0.2) is 10.0 Å². The van der Waals surface area contributed by atoms with Gasteiger partial charge < -0.3 is 9.84 Å². The van der Waals surface area contributed by atoms with E-state index in [1.807, 2.05) is 6.92 Å². The summed E-state index contributed by atoms with van der Waals surface area (Å²) in [6.45, 7) is 1.62. The van der Waals surface area contributed by atoms with Crippen molar-refractivity contribution < 1.29 is 14.8 Å². The van der Waals surface area contributed by atoms with Crippen LogP contribution in [0.1, 0.15) is 11.1 Å². The predicted octanol–water partition coefficient (Wildman–Crippen LogP) is 3.95. The maximum absolute atomic E-state index is 11.0. The average molecular weight is 338 g/mol. The van der Waals surface area contributed by atoms with Crippen molar-refractivity contribution in [2.75, 3.05) is 0 Å². The molecule has 2 aromatic rings. The zero-order valence-electron chi connectivity index (χ0n) is 10.7. The number of aryl methyl sites for hydroxylation is 1. The van der Waals surface area contributed by atoms with Gasteiger partial charge in [0.2, 0.25) is 5.75 Å². The molecule has 0 aliphatic heterocycles. The van der Waals surface area contributed by atoms with Gasteiger partial charge in [-0.15, -0.1) is 0 Å². The first kappa shape index (κ1) is 14.5. The van der Waals surface area contributed by atoms with Gasteiger partial charge in [0.25, 0.3) is 0 Å². The van der Waals surface area contributed by atoms with E-state index in [0.717, 1.165) is 10.0 Å². The Morgan fingerprint density at radius 3 is 2.65 bits per heavy atom. The lowest BCUT2D eigenvalue weighted by atomic mass is 10.2. The highest BCUT2D eigenvalue weighted by Crippen LogP contribution is 2.35.